The predicted molar refractivity (Wildman–Crippen MR) is 257 cm³/mol. The molecule has 8 bridgehead atoms. The van der Waals surface area contributed by atoms with E-state index < -0.39 is 0 Å². The number of hydrogen-bond acceptors (Lipinski definition) is 1. The smallest absolute Gasteiger partial charge is 0.0562 e. The first-order valence-corrected chi connectivity index (χ1v) is 21.3. The van der Waals surface area contributed by atoms with Crippen LogP contribution in [0.4, 0.5) is 0 Å². The second-order valence-corrected chi connectivity index (χ2v) is 16.9. The van der Waals surface area contributed by atoms with Crippen molar-refractivity contribution in [2.24, 2.45) is 0 Å². The van der Waals surface area contributed by atoms with Crippen molar-refractivity contribution in [3.63, 3.8) is 0 Å². The number of nitrogens with zero attached hydrogens (tertiary/aromatic N) is 3. The van der Waals surface area contributed by atoms with Gasteiger partial charge in [0.25, 0.3) is 0 Å². The third-order valence-electron chi connectivity index (χ3n) is 12.4. The molecular formula is C56H35N3S. The van der Waals surface area contributed by atoms with Gasteiger partial charge in [-0.15, -0.1) is 11.3 Å². The topological polar surface area (TPSA) is 14.8 Å². The van der Waals surface area contributed by atoms with Gasteiger partial charge in [0, 0.05) is 64.1 Å². The monoisotopic (exact) mass is 781 g/mol. The highest BCUT2D eigenvalue weighted by atomic mass is 32.1. The molecule has 4 heteroatoms. The van der Waals surface area contributed by atoms with Crippen molar-refractivity contribution in [2.75, 3.05) is 0 Å². The van der Waals surface area contributed by atoms with Gasteiger partial charge in [0.05, 0.1) is 22.4 Å². The van der Waals surface area contributed by atoms with E-state index >= 15 is 0 Å². The Hall–Kier alpha value is -7.66. The van der Waals surface area contributed by atoms with Crippen LogP contribution < -0.4 is 0 Å². The van der Waals surface area contributed by atoms with Crippen molar-refractivity contribution in [1.82, 2.24) is 13.7 Å². The molecule has 0 aliphatic rings. The summed E-state index contributed by atoms with van der Waals surface area (Å²) in [4.78, 5) is 0. The van der Waals surface area contributed by atoms with E-state index in [2.05, 4.69) is 226 Å². The Morgan fingerprint density at radius 2 is 0.817 bits per heavy atom. The van der Waals surface area contributed by atoms with Crippen LogP contribution in [-0.2, 0) is 0 Å². The highest BCUT2D eigenvalue weighted by Crippen LogP contribution is 2.41. The molecular weight excluding hydrogens is 747 g/mol. The van der Waals surface area contributed by atoms with Crippen LogP contribution in [0.25, 0.3) is 113 Å². The lowest BCUT2D eigenvalue weighted by Crippen LogP contribution is -1.99. The zero-order chi connectivity index (χ0) is 39.3. The zero-order valence-electron chi connectivity index (χ0n) is 32.5. The Morgan fingerprint density at radius 3 is 1.60 bits per heavy atom. The van der Waals surface area contributed by atoms with Crippen molar-refractivity contribution < 1.29 is 0 Å². The third kappa shape index (κ3) is 5.01. The fraction of sp³-hybridized carbons (Fsp3) is 0. The molecule has 0 radical (unpaired) electrons. The Kier molecular flexibility index (Phi) is 7.18. The average molecular weight is 782 g/mol. The molecule has 0 spiro atoms. The quantitative estimate of drug-likeness (QED) is 0.170. The van der Waals surface area contributed by atoms with Crippen molar-refractivity contribution in [2.45, 2.75) is 0 Å². The molecule has 0 atom stereocenters. The molecule has 3 nitrogen and oxygen atoms in total. The van der Waals surface area contributed by atoms with Gasteiger partial charge in [-0.05, 0) is 124 Å². The molecule has 280 valence electrons. The van der Waals surface area contributed by atoms with Crippen LogP contribution in [-0.4, -0.2) is 13.7 Å². The van der Waals surface area contributed by atoms with Gasteiger partial charge in [0.15, 0.2) is 0 Å². The van der Waals surface area contributed by atoms with Gasteiger partial charge in [0.1, 0.15) is 0 Å². The minimum Gasteiger partial charge on any atom is -0.310 e. The highest BCUT2D eigenvalue weighted by molar-refractivity contribution is 7.25. The van der Waals surface area contributed by atoms with Crippen LogP contribution in [0.1, 0.15) is 0 Å². The number of fused-ring (bicyclic) bond motifs is 12. The zero-order valence-corrected chi connectivity index (χ0v) is 33.3. The summed E-state index contributed by atoms with van der Waals surface area (Å²) in [7, 11) is 0. The first-order valence-electron chi connectivity index (χ1n) is 20.5. The maximum absolute atomic E-state index is 2.48. The SMILES string of the molecule is c1ccc2cc(-n3c4cccc(c4)c4cccc(c4)n(-c4cccc5c4c4ccccc4n5-c4cccc5ccccc45)c4ccc5sc6ccc3cc6c5c4)ccc2c1. The van der Waals surface area contributed by atoms with E-state index in [-0.39, 0.29) is 0 Å². The molecule has 13 aromatic rings. The fourth-order valence-corrected chi connectivity index (χ4v) is 10.8. The molecule has 0 aliphatic heterocycles. The lowest BCUT2D eigenvalue weighted by Gasteiger charge is -2.15. The van der Waals surface area contributed by atoms with Gasteiger partial charge in [-0.2, -0.15) is 0 Å². The molecule has 13 rings (SSSR count). The lowest BCUT2D eigenvalue weighted by atomic mass is 10.1. The summed E-state index contributed by atoms with van der Waals surface area (Å²) in [5.41, 5.74) is 10.3. The van der Waals surface area contributed by atoms with Crippen LogP contribution in [0.2, 0.25) is 0 Å². The number of benzene rings is 10. The lowest BCUT2D eigenvalue weighted by molar-refractivity contribution is 1.16. The molecule has 0 aliphatic carbocycles. The number of thiophene rings is 1. The first-order chi connectivity index (χ1) is 29.7. The molecule has 60 heavy (non-hydrogen) atoms. The minimum absolute atomic E-state index is 1.11. The van der Waals surface area contributed by atoms with Gasteiger partial charge in [-0.3, -0.25) is 0 Å². The maximum Gasteiger partial charge on any atom is 0.0562 e. The number of rotatable bonds is 3. The fourth-order valence-electron chi connectivity index (χ4n) is 9.72. The minimum atomic E-state index is 1.11. The van der Waals surface area contributed by atoms with E-state index in [1.807, 2.05) is 11.3 Å². The highest BCUT2D eigenvalue weighted by Gasteiger charge is 2.19. The summed E-state index contributed by atoms with van der Waals surface area (Å²) in [6, 6.07) is 78.6. The largest absolute Gasteiger partial charge is 0.310 e. The molecule has 10 aromatic carbocycles. The van der Waals surface area contributed by atoms with Crippen LogP contribution in [0, 0.1) is 0 Å². The Morgan fingerprint density at radius 1 is 0.283 bits per heavy atom. The number of para-hydroxylation sites is 1. The van der Waals surface area contributed by atoms with E-state index in [0.29, 0.717) is 0 Å². The second-order valence-electron chi connectivity index (χ2n) is 15.8. The van der Waals surface area contributed by atoms with E-state index in [1.54, 1.807) is 0 Å². The molecule has 0 amide bonds. The second kappa shape index (κ2) is 12.9. The van der Waals surface area contributed by atoms with E-state index in [1.165, 1.54) is 69.2 Å². The molecule has 0 saturated carbocycles. The molecule has 0 unspecified atom stereocenters. The molecule has 0 N–H and O–H groups in total. The van der Waals surface area contributed by atoms with Crippen LogP contribution in [0.5, 0.6) is 0 Å². The normalized spacial score (nSPS) is 12.0. The van der Waals surface area contributed by atoms with Gasteiger partial charge < -0.3 is 13.7 Å². The van der Waals surface area contributed by atoms with Gasteiger partial charge >= 0.3 is 0 Å². The van der Waals surface area contributed by atoms with Gasteiger partial charge in [-0.1, -0.05) is 115 Å². The molecule has 0 saturated heterocycles. The van der Waals surface area contributed by atoms with E-state index in [0.717, 1.165) is 44.2 Å². The Bertz CT molecular complexity index is 3960. The summed E-state index contributed by atoms with van der Waals surface area (Å²) >= 11 is 1.86. The van der Waals surface area contributed by atoms with Crippen molar-refractivity contribution in [3.05, 3.63) is 212 Å². The van der Waals surface area contributed by atoms with Crippen LogP contribution in [0.3, 0.4) is 0 Å². The predicted octanol–water partition coefficient (Wildman–Crippen LogP) is 15.6. The van der Waals surface area contributed by atoms with Crippen LogP contribution >= 0.6 is 11.3 Å². The van der Waals surface area contributed by atoms with Crippen molar-refractivity contribution >= 4 is 108 Å². The Balaban J connectivity index is 1.18. The summed E-state index contributed by atoms with van der Waals surface area (Å²) in [5.74, 6) is 0. The van der Waals surface area contributed by atoms with Crippen LogP contribution in [0.15, 0.2) is 212 Å². The van der Waals surface area contributed by atoms with Crippen molar-refractivity contribution in [3.8, 4) is 17.1 Å². The summed E-state index contributed by atoms with van der Waals surface area (Å²) in [6.07, 6.45) is 0. The standard InChI is InChI=1S/C56H35N3S/c1-2-13-38-31-43(26-25-36(38)11-1)57-41-17-7-15-39(32-41)40-16-8-18-42(33-40)58(45-28-30-55-49(35-45)48-34-44(57)27-29-54(48)60-55)52-23-10-24-53-56(52)47-20-5-6-21-51(47)59(53)50-22-9-14-37-12-3-4-19-46(37)50/h1-35H. The van der Waals surface area contributed by atoms with Crippen molar-refractivity contribution in [1.29, 1.82) is 0 Å². The first kappa shape index (κ1) is 33.3. The third-order valence-corrected chi connectivity index (χ3v) is 13.6. The summed E-state index contributed by atoms with van der Waals surface area (Å²) in [5, 5.41) is 12.2. The van der Waals surface area contributed by atoms with E-state index in [9.17, 15) is 0 Å². The van der Waals surface area contributed by atoms with Gasteiger partial charge in [0.2, 0.25) is 0 Å². The summed E-state index contributed by atoms with van der Waals surface area (Å²) < 4.78 is 9.91. The summed E-state index contributed by atoms with van der Waals surface area (Å²) in [6.45, 7) is 0. The molecule has 3 heterocycles. The number of aromatic nitrogens is 3. The van der Waals surface area contributed by atoms with E-state index in [4.69, 9.17) is 0 Å². The number of hydrogen-bond donors (Lipinski definition) is 0. The molecule has 3 aromatic heterocycles. The maximum atomic E-state index is 2.48. The van der Waals surface area contributed by atoms with Gasteiger partial charge in [-0.25, -0.2) is 0 Å². The average Bonchev–Trinajstić information content (AvgIpc) is 3.84. The molecule has 0 fully saturated rings. The Labute approximate surface area is 349 Å².